The third-order valence-corrected chi connectivity index (χ3v) is 4.34. The van der Waals surface area contributed by atoms with Crippen molar-refractivity contribution in [3.05, 3.63) is 51.6 Å². The Morgan fingerprint density at radius 1 is 1.24 bits per heavy atom. The fourth-order valence-corrected chi connectivity index (χ4v) is 2.32. The minimum absolute atomic E-state index is 0.187. The molecule has 3 nitrogen and oxygen atoms in total. The Hall–Kier alpha value is -1.39. The minimum atomic E-state index is 0.187. The zero-order valence-corrected chi connectivity index (χ0v) is 14.3. The van der Waals surface area contributed by atoms with Gasteiger partial charge in [-0.25, -0.2) is 4.98 Å². The van der Waals surface area contributed by atoms with E-state index in [9.17, 15) is 0 Å². The summed E-state index contributed by atoms with van der Waals surface area (Å²) in [5, 5.41) is 0. The highest BCUT2D eigenvalue weighted by Crippen LogP contribution is 2.27. The zero-order chi connectivity index (χ0) is 15.4. The number of benzene rings is 1. The van der Waals surface area contributed by atoms with Gasteiger partial charge in [-0.05, 0) is 62.1 Å². The second kappa shape index (κ2) is 7.05. The van der Waals surface area contributed by atoms with Crippen LogP contribution in [0.5, 0.6) is 11.6 Å². The number of rotatable bonds is 5. The van der Waals surface area contributed by atoms with E-state index in [4.69, 9.17) is 10.5 Å². The average molecular weight is 349 g/mol. The number of hydrogen-bond donors (Lipinski definition) is 1. The van der Waals surface area contributed by atoms with E-state index in [1.807, 2.05) is 38.2 Å². The van der Waals surface area contributed by atoms with Crippen LogP contribution in [-0.2, 0) is 6.42 Å². The van der Waals surface area contributed by atoms with E-state index in [0.717, 1.165) is 39.8 Å². The molecule has 0 saturated heterocycles. The van der Waals surface area contributed by atoms with Crippen molar-refractivity contribution in [3.8, 4) is 11.6 Å². The van der Waals surface area contributed by atoms with E-state index in [1.165, 1.54) is 0 Å². The number of ether oxygens (including phenoxy) is 1. The van der Waals surface area contributed by atoms with Gasteiger partial charge in [-0.1, -0.05) is 22.9 Å². The van der Waals surface area contributed by atoms with Gasteiger partial charge in [0.05, 0.1) is 0 Å². The van der Waals surface area contributed by atoms with Crippen LogP contribution in [0.3, 0.4) is 0 Å². The predicted molar refractivity (Wildman–Crippen MR) is 89.9 cm³/mol. The Morgan fingerprint density at radius 3 is 2.62 bits per heavy atom. The first-order valence-electron chi connectivity index (χ1n) is 7.14. The van der Waals surface area contributed by atoms with Crippen molar-refractivity contribution in [2.45, 2.75) is 39.7 Å². The van der Waals surface area contributed by atoms with Crippen LogP contribution in [0.15, 0.2) is 34.9 Å². The molecule has 2 N–H and O–H groups in total. The topological polar surface area (TPSA) is 48.1 Å². The summed E-state index contributed by atoms with van der Waals surface area (Å²) in [5.74, 6) is 1.44. The molecule has 2 rings (SSSR count). The fraction of sp³-hybridized carbons (Fsp3) is 0.353. The van der Waals surface area contributed by atoms with Gasteiger partial charge in [-0.3, -0.25) is 0 Å². The molecule has 0 saturated carbocycles. The maximum Gasteiger partial charge on any atom is 0.222 e. The second-order valence-corrected chi connectivity index (χ2v) is 6.21. The number of halogens is 1. The molecule has 1 heterocycles. The van der Waals surface area contributed by atoms with Crippen molar-refractivity contribution in [3.63, 3.8) is 0 Å². The molecule has 0 radical (unpaired) electrons. The summed E-state index contributed by atoms with van der Waals surface area (Å²) >= 11 is 3.49. The highest BCUT2D eigenvalue weighted by Gasteiger charge is 2.08. The van der Waals surface area contributed by atoms with Gasteiger partial charge < -0.3 is 10.5 Å². The van der Waals surface area contributed by atoms with E-state index in [-0.39, 0.29) is 6.04 Å². The molecule has 0 aliphatic rings. The van der Waals surface area contributed by atoms with Crippen LogP contribution in [0.4, 0.5) is 0 Å². The summed E-state index contributed by atoms with van der Waals surface area (Å²) in [6.45, 7) is 6.14. The Balaban J connectivity index is 2.15. The lowest BCUT2D eigenvalue weighted by Crippen LogP contribution is -2.21. The van der Waals surface area contributed by atoms with Gasteiger partial charge in [0.2, 0.25) is 5.88 Å². The lowest BCUT2D eigenvalue weighted by Gasteiger charge is -2.12. The van der Waals surface area contributed by atoms with Gasteiger partial charge in [0, 0.05) is 22.3 Å². The molecule has 0 amide bonds. The van der Waals surface area contributed by atoms with Crippen LogP contribution in [0.2, 0.25) is 0 Å². The Labute approximate surface area is 134 Å². The average Bonchev–Trinajstić information content (AvgIpc) is 2.45. The van der Waals surface area contributed by atoms with Gasteiger partial charge in [0.1, 0.15) is 5.75 Å². The predicted octanol–water partition coefficient (Wildman–Crippen LogP) is 4.53. The standard InChI is InChI=1S/C17H21BrN2O/c1-4-14(19)9-13-7-12(3)17(20-10-13)21-15-5-6-16(18)11(2)8-15/h5-8,10,14H,4,9,19H2,1-3H3. The van der Waals surface area contributed by atoms with Crippen LogP contribution in [-0.4, -0.2) is 11.0 Å². The quantitative estimate of drug-likeness (QED) is 0.863. The largest absolute Gasteiger partial charge is 0.439 e. The third kappa shape index (κ3) is 4.29. The molecule has 0 aliphatic heterocycles. The SMILES string of the molecule is CCC(N)Cc1cnc(Oc2ccc(Br)c(C)c2)c(C)c1. The summed E-state index contributed by atoms with van der Waals surface area (Å²) in [5.41, 5.74) is 9.30. The summed E-state index contributed by atoms with van der Waals surface area (Å²) in [4.78, 5) is 4.42. The van der Waals surface area contributed by atoms with Crippen molar-refractivity contribution in [1.82, 2.24) is 4.98 Å². The van der Waals surface area contributed by atoms with Crippen LogP contribution in [0.1, 0.15) is 30.0 Å². The van der Waals surface area contributed by atoms with E-state index in [0.29, 0.717) is 5.88 Å². The van der Waals surface area contributed by atoms with Crippen molar-refractivity contribution >= 4 is 15.9 Å². The maximum atomic E-state index is 5.98. The first-order valence-corrected chi connectivity index (χ1v) is 7.94. The molecular weight excluding hydrogens is 328 g/mol. The smallest absolute Gasteiger partial charge is 0.222 e. The van der Waals surface area contributed by atoms with Crippen LogP contribution in [0, 0.1) is 13.8 Å². The third-order valence-electron chi connectivity index (χ3n) is 3.45. The monoisotopic (exact) mass is 348 g/mol. The molecule has 1 unspecified atom stereocenters. The summed E-state index contributed by atoms with van der Waals surface area (Å²) in [6.07, 6.45) is 3.67. The number of pyridine rings is 1. The number of aromatic nitrogens is 1. The van der Waals surface area contributed by atoms with Crippen LogP contribution in [0.25, 0.3) is 0 Å². The summed E-state index contributed by atoms with van der Waals surface area (Å²) < 4.78 is 6.94. The van der Waals surface area contributed by atoms with Crippen LogP contribution < -0.4 is 10.5 Å². The van der Waals surface area contributed by atoms with E-state index in [1.54, 1.807) is 0 Å². The molecule has 1 atom stereocenters. The van der Waals surface area contributed by atoms with Crippen molar-refractivity contribution in [1.29, 1.82) is 0 Å². The van der Waals surface area contributed by atoms with Gasteiger partial charge in [0.15, 0.2) is 0 Å². The molecule has 1 aromatic heterocycles. The molecule has 0 spiro atoms. The molecule has 0 aliphatic carbocycles. The van der Waals surface area contributed by atoms with E-state index < -0.39 is 0 Å². The van der Waals surface area contributed by atoms with Gasteiger partial charge in [0.25, 0.3) is 0 Å². The first kappa shape index (κ1) is 16.0. The summed E-state index contributed by atoms with van der Waals surface area (Å²) in [7, 11) is 0. The molecule has 0 fully saturated rings. The van der Waals surface area contributed by atoms with Gasteiger partial charge >= 0.3 is 0 Å². The molecule has 1 aromatic carbocycles. The number of nitrogens with two attached hydrogens (primary N) is 1. The van der Waals surface area contributed by atoms with Crippen molar-refractivity contribution in [2.24, 2.45) is 5.73 Å². The molecule has 2 aromatic rings. The Kier molecular flexibility index (Phi) is 5.37. The molecule has 112 valence electrons. The lowest BCUT2D eigenvalue weighted by atomic mass is 10.1. The highest BCUT2D eigenvalue weighted by molar-refractivity contribution is 9.10. The second-order valence-electron chi connectivity index (χ2n) is 5.35. The minimum Gasteiger partial charge on any atom is -0.439 e. The van der Waals surface area contributed by atoms with Gasteiger partial charge in [-0.15, -0.1) is 0 Å². The molecule has 0 bridgehead atoms. The number of nitrogens with zero attached hydrogens (tertiary/aromatic N) is 1. The number of aryl methyl sites for hydroxylation is 2. The van der Waals surface area contributed by atoms with Gasteiger partial charge in [-0.2, -0.15) is 0 Å². The Morgan fingerprint density at radius 2 is 2.00 bits per heavy atom. The fourth-order valence-electron chi connectivity index (χ4n) is 2.08. The molecule has 4 heteroatoms. The Bertz CT molecular complexity index is 628. The number of hydrogen-bond acceptors (Lipinski definition) is 3. The highest BCUT2D eigenvalue weighted by atomic mass is 79.9. The molecular formula is C17H21BrN2O. The van der Waals surface area contributed by atoms with Crippen molar-refractivity contribution < 1.29 is 4.74 Å². The van der Waals surface area contributed by atoms with Crippen LogP contribution >= 0.6 is 15.9 Å². The van der Waals surface area contributed by atoms with E-state index >= 15 is 0 Å². The maximum absolute atomic E-state index is 5.98. The van der Waals surface area contributed by atoms with Crippen molar-refractivity contribution in [2.75, 3.05) is 0 Å². The zero-order valence-electron chi connectivity index (χ0n) is 12.7. The normalized spacial score (nSPS) is 12.2. The lowest BCUT2D eigenvalue weighted by molar-refractivity contribution is 0.457. The molecule has 21 heavy (non-hydrogen) atoms. The summed E-state index contributed by atoms with van der Waals surface area (Å²) in [6, 6.07) is 8.19. The first-order chi connectivity index (χ1) is 9.99. The van der Waals surface area contributed by atoms with E-state index in [2.05, 4.69) is 33.9 Å².